The topological polar surface area (TPSA) is 68.2 Å². The molecule has 14 heavy (non-hydrogen) atoms. The van der Waals surface area contributed by atoms with Crippen molar-refractivity contribution in [2.45, 2.75) is 13.8 Å². The summed E-state index contributed by atoms with van der Waals surface area (Å²) in [7, 11) is -2.04. The molecule has 6 heteroatoms. The van der Waals surface area contributed by atoms with E-state index in [1.54, 1.807) is 0 Å². The molecule has 0 unspecified atom stereocenters. The lowest BCUT2D eigenvalue weighted by atomic mass is 10.2. The fourth-order valence-corrected chi connectivity index (χ4v) is 2.06. The summed E-state index contributed by atoms with van der Waals surface area (Å²) in [5, 5.41) is 17.6. The van der Waals surface area contributed by atoms with E-state index >= 15 is 0 Å². The molecular formula is C8H20O5Si. The van der Waals surface area contributed by atoms with E-state index in [-0.39, 0.29) is 25.7 Å². The number of hydrogen-bond donors (Lipinski definition) is 2. The Morgan fingerprint density at radius 2 is 1.50 bits per heavy atom. The third kappa shape index (κ3) is 6.47. The molecule has 0 aliphatic rings. The van der Waals surface area contributed by atoms with Gasteiger partial charge in [0.25, 0.3) is 0 Å². The molecule has 0 aromatic heterocycles. The molecule has 0 bridgehead atoms. The highest BCUT2D eigenvalue weighted by Crippen LogP contribution is 1.99. The van der Waals surface area contributed by atoms with E-state index in [9.17, 15) is 0 Å². The van der Waals surface area contributed by atoms with Crippen LogP contribution in [0.5, 0.6) is 0 Å². The minimum absolute atomic E-state index is 0.0874. The van der Waals surface area contributed by atoms with Crippen LogP contribution in [0, 0.1) is 5.92 Å². The molecule has 0 aromatic carbocycles. The fraction of sp³-hybridized carbons (Fsp3) is 1.00. The SMILES string of the molecule is CCO[SiH](OCC)OCC(CO)CO. The summed E-state index contributed by atoms with van der Waals surface area (Å²) in [6.07, 6.45) is 0. The summed E-state index contributed by atoms with van der Waals surface area (Å²) in [5.74, 6) is -0.245. The minimum Gasteiger partial charge on any atom is -0.396 e. The number of aliphatic hydroxyl groups is 2. The Bertz CT molecular complexity index is 114. The zero-order valence-corrected chi connectivity index (χ0v) is 9.96. The monoisotopic (exact) mass is 224 g/mol. The second-order valence-electron chi connectivity index (χ2n) is 2.76. The first-order valence-corrected chi connectivity index (χ1v) is 6.26. The van der Waals surface area contributed by atoms with Crippen LogP contribution in [0.3, 0.4) is 0 Å². The van der Waals surface area contributed by atoms with E-state index in [0.717, 1.165) is 0 Å². The molecule has 0 atom stereocenters. The van der Waals surface area contributed by atoms with Crippen LogP contribution in [-0.2, 0) is 13.3 Å². The molecule has 0 aromatic rings. The molecule has 0 spiro atoms. The fourth-order valence-electron chi connectivity index (χ4n) is 0.794. The normalized spacial score (nSPS) is 11.6. The Hall–Kier alpha value is 0.0169. The van der Waals surface area contributed by atoms with Crippen molar-refractivity contribution in [2.75, 3.05) is 33.0 Å². The van der Waals surface area contributed by atoms with Crippen molar-refractivity contribution in [3.8, 4) is 0 Å². The van der Waals surface area contributed by atoms with Gasteiger partial charge in [0.1, 0.15) is 0 Å². The van der Waals surface area contributed by atoms with Crippen molar-refractivity contribution >= 4 is 9.53 Å². The quantitative estimate of drug-likeness (QED) is 0.512. The molecule has 0 saturated heterocycles. The van der Waals surface area contributed by atoms with Gasteiger partial charge in [-0.05, 0) is 13.8 Å². The molecule has 0 heterocycles. The van der Waals surface area contributed by atoms with Gasteiger partial charge in [0.05, 0.1) is 13.2 Å². The lowest BCUT2D eigenvalue weighted by molar-refractivity contribution is 0.0545. The zero-order valence-electron chi connectivity index (χ0n) is 8.81. The third-order valence-corrected chi connectivity index (χ3v) is 3.27. The van der Waals surface area contributed by atoms with Crippen molar-refractivity contribution in [1.29, 1.82) is 0 Å². The number of hydrogen-bond acceptors (Lipinski definition) is 5. The molecule has 0 saturated carbocycles. The Kier molecular flexibility index (Phi) is 9.58. The molecule has 0 radical (unpaired) electrons. The lowest BCUT2D eigenvalue weighted by Gasteiger charge is -2.17. The predicted octanol–water partition coefficient (Wildman–Crippen LogP) is -0.606. The Labute approximate surface area is 86.6 Å². The Morgan fingerprint density at radius 1 is 1.00 bits per heavy atom. The standard InChI is InChI=1S/C8H20O5Si/c1-3-11-14(12-4-2)13-7-8(5-9)6-10/h8-10,14H,3-7H2,1-2H3. The first kappa shape index (κ1) is 14.0. The van der Waals surface area contributed by atoms with E-state index in [0.29, 0.717) is 13.2 Å². The summed E-state index contributed by atoms with van der Waals surface area (Å²) < 4.78 is 15.8. The smallest absolute Gasteiger partial charge is 0.396 e. The molecule has 0 aliphatic carbocycles. The molecule has 5 nitrogen and oxygen atoms in total. The van der Waals surface area contributed by atoms with Crippen molar-refractivity contribution in [2.24, 2.45) is 5.92 Å². The van der Waals surface area contributed by atoms with Crippen molar-refractivity contribution in [3.63, 3.8) is 0 Å². The van der Waals surface area contributed by atoms with Gasteiger partial charge in [0.15, 0.2) is 0 Å². The maximum absolute atomic E-state index is 8.79. The molecule has 86 valence electrons. The largest absolute Gasteiger partial charge is 0.484 e. The summed E-state index contributed by atoms with van der Waals surface area (Å²) in [5.41, 5.74) is 0. The van der Waals surface area contributed by atoms with E-state index in [1.807, 2.05) is 13.8 Å². The van der Waals surface area contributed by atoms with E-state index in [1.165, 1.54) is 0 Å². The average molecular weight is 224 g/mol. The van der Waals surface area contributed by atoms with Crippen LogP contribution in [0.2, 0.25) is 0 Å². The van der Waals surface area contributed by atoms with Crippen molar-refractivity contribution < 1.29 is 23.5 Å². The van der Waals surface area contributed by atoms with Gasteiger partial charge in [-0.1, -0.05) is 0 Å². The van der Waals surface area contributed by atoms with E-state index in [2.05, 4.69) is 0 Å². The summed E-state index contributed by atoms with van der Waals surface area (Å²) in [6, 6.07) is 0. The van der Waals surface area contributed by atoms with Crippen LogP contribution in [0.4, 0.5) is 0 Å². The highest BCUT2D eigenvalue weighted by molar-refractivity contribution is 6.36. The maximum atomic E-state index is 8.79. The molecule has 2 N–H and O–H groups in total. The summed E-state index contributed by atoms with van der Waals surface area (Å²) in [4.78, 5) is 0. The second-order valence-corrected chi connectivity index (χ2v) is 4.34. The molecule has 0 aliphatic heterocycles. The van der Waals surface area contributed by atoms with Crippen LogP contribution in [0.1, 0.15) is 13.8 Å². The summed E-state index contributed by atoms with van der Waals surface area (Å²) >= 11 is 0. The van der Waals surface area contributed by atoms with Crippen molar-refractivity contribution in [3.05, 3.63) is 0 Å². The lowest BCUT2D eigenvalue weighted by Crippen LogP contribution is -2.31. The van der Waals surface area contributed by atoms with E-state index in [4.69, 9.17) is 23.5 Å². The van der Waals surface area contributed by atoms with Crippen LogP contribution in [-0.4, -0.2) is 52.8 Å². The molecule has 0 fully saturated rings. The number of aliphatic hydroxyl groups excluding tert-OH is 2. The highest BCUT2D eigenvalue weighted by atomic mass is 28.3. The van der Waals surface area contributed by atoms with Gasteiger partial charge in [-0.2, -0.15) is 0 Å². The molecular weight excluding hydrogens is 204 g/mol. The van der Waals surface area contributed by atoms with Crippen LogP contribution >= 0.6 is 0 Å². The van der Waals surface area contributed by atoms with Crippen LogP contribution in [0.25, 0.3) is 0 Å². The first-order valence-electron chi connectivity index (χ1n) is 4.84. The van der Waals surface area contributed by atoms with Crippen LogP contribution in [0.15, 0.2) is 0 Å². The van der Waals surface area contributed by atoms with Gasteiger partial charge in [-0.25, -0.2) is 0 Å². The summed E-state index contributed by atoms with van der Waals surface area (Å²) in [6.45, 7) is 4.96. The van der Waals surface area contributed by atoms with Gasteiger partial charge in [-0.15, -0.1) is 0 Å². The number of rotatable bonds is 9. The zero-order chi connectivity index (χ0) is 10.8. The van der Waals surface area contributed by atoms with Crippen molar-refractivity contribution in [1.82, 2.24) is 0 Å². The second kappa shape index (κ2) is 9.57. The Morgan fingerprint density at radius 3 is 1.86 bits per heavy atom. The van der Waals surface area contributed by atoms with Gasteiger partial charge in [0, 0.05) is 25.7 Å². The predicted molar refractivity (Wildman–Crippen MR) is 54.0 cm³/mol. The van der Waals surface area contributed by atoms with Gasteiger partial charge in [0.2, 0.25) is 0 Å². The molecule has 0 rings (SSSR count). The van der Waals surface area contributed by atoms with E-state index < -0.39 is 9.53 Å². The first-order chi connectivity index (χ1) is 6.78. The van der Waals surface area contributed by atoms with Gasteiger partial charge < -0.3 is 23.5 Å². The van der Waals surface area contributed by atoms with Gasteiger partial charge >= 0.3 is 9.53 Å². The third-order valence-electron chi connectivity index (χ3n) is 1.59. The Balaban J connectivity index is 3.67. The van der Waals surface area contributed by atoms with Gasteiger partial charge in [-0.3, -0.25) is 0 Å². The maximum Gasteiger partial charge on any atom is 0.484 e. The molecule has 0 amide bonds. The van der Waals surface area contributed by atoms with Crippen LogP contribution < -0.4 is 0 Å². The highest BCUT2D eigenvalue weighted by Gasteiger charge is 2.16. The average Bonchev–Trinajstić information content (AvgIpc) is 2.20. The minimum atomic E-state index is -2.04.